The third-order valence-corrected chi connectivity index (χ3v) is 5.40. The number of carboxylic acid groups (broad SMARTS) is 1. The maximum absolute atomic E-state index is 12.4. The smallest absolute Gasteiger partial charge is 0.335 e. The average molecular weight is 350 g/mol. The Kier molecular flexibility index (Phi) is 5.11. The summed E-state index contributed by atoms with van der Waals surface area (Å²) < 4.78 is 26.1. The second kappa shape index (κ2) is 6.02. The average Bonchev–Trinajstić information content (AvgIpc) is 2.27. The molecule has 7 heteroatoms. The van der Waals surface area contributed by atoms with Crippen molar-refractivity contribution in [3.63, 3.8) is 0 Å². The second-order valence-electron chi connectivity index (χ2n) is 4.12. The van der Waals surface area contributed by atoms with E-state index in [1.54, 1.807) is 20.8 Å². The van der Waals surface area contributed by atoms with Gasteiger partial charge in [-0.3, -0.25) is 0 Å². The largest absolute Gasteiger partial charge is 0.478 e. The molecule has 0 saturated heterocycles. The van der Waals surface area contributed by atoms with E-state index in [0.29, 0.717) is 12.1 Å². The minimum atomic E-state index is -3.71. The summed E-state index contributed by atoms with van der Waals surface area (Å²) >= 11 is 3.23. The number of aromatic carboxylic acids is 1. The van der Waals surface area contributed by atoms with Crippen LogP contribution in [-0.4, -0.2) is 35.3 Å². The third kappa shape index (κ3) is 3.55. The minimum absolute atomic E-state index is 0.00181. The number of benzene rings is 1. The molecule has 1 aromatic carbocycles. The van der Waals surface area contributed by atoms with Crippen LogP contribution in [0.15, 0.2) is 23.1 Å². The Hall–Kier alpha value is -0.920. The highest BCUT2D eigenvalue weighted by Gasteiger charge is 2.27. The topological polar surface area (TPSA) is 74.7 Å². The first kappa shape index (κ1) is 16.1. The van der Waals surface area contributed by atoms with E-state index >= 15 is 0 Å². The molecule has 0 bridgehead atoms. The normalized spacial score (nSPS) is 13.5. The molecule has 1 aromatic rings. The number of aryl methyl sites for hydroxylation is 1. The van der Waals surface area contributed by atoms with Gasteiger partial charge in [0.2, 0.25) is 10.0 Å². The fourth-order valence-electron chi connectivity index (χ4n) is 1.77. The summed E-state index contributed by atoms with van der Waals surface area (Å²) in [4.78, 5) is 10.6. The Balaban J connectivity index is 3.40. The molecule has 1 rings (SSSR count). The van der Waals surface area contributed by atoms with Crippen molar-refractivity contribution in [3.8, 4) is 0 Å². The van der Waals surface area contributed by atoms with Crippen LogP contribution in [0.1, 0.15) is 29.8 Å². The van der Waals surface area contributed by atoms with Crippen LogP contribution in [0.4, 0.5) is 0 Å². The van der Waals surface area contributed by atoms with E-state index in [2.05, 4.69) is 15.9 Å². The molecule has 1 unspecified atom stereocenters. The predicted octanol–water partition coefficient (Wildman–Crippen LogP) is 2.44. The first-order chi connectivity index (χ1) is 8.70. The molecule has 1 N–H and O–H groups in total. The molecule has 0 aliphatic heterocycles. The first-order valence-electron chi connectivity index (χ1n) is 5.71. The van der Waals surface area contributed by atoms with E-state index in [4.69, 9.17) is 5.11 Å². The Labute approximate surface area is 121 Å². The van der Waals surface area contributed by atoms with Gasteiger partial charge in [0, 0.05) is 6.54 Å². The molecular formula is C12H16BrNO4S. The van der Waals surface area contributed by atoms with Gasteiger partial charge in [0.15, 0.2) is 0 Å². The molecule has 0 heterocycles. The lowest BCUT2D eigenvalue weighted by atomic mass is 10.1. The van der Waals surface area contributed by atoms with Gasteiger partial charge in [0.05, 0.1) is 15.4 Å². The highest BCUT2D eigenvalue weighted by Crippen LogP contribution is 2.22. The molecule has 0 aromatic heterocycles. The monoisotopic (exact) mass is 349 g/mol. The van der Waals surface area contributed by atoms with Crippen LogP contribution in [0.5, 0.6) is 0 Å². The van der Waals surface area contributed by atoms with Gasteiger partial charge in [0.25, 0.3) is 0 Å². The van der Waals surface area contributed by atoms with Crippen molar-refractivity contribution in [3.05, 3.63) is 29.3 Å². The highest BCUT2D eigenvalue weighted by atomic mass is 79.9. The first-order valence-corrected chi connectivity index (χ1v) is 8.06. The number of sulfonamides is 1. The summed E-state index contributed by atoms with van der Waals surface area (Å²) in [6, 6.07) is 4.09. The molecule has 0 radical (unpaired) electrons. The van der Waals surface area contributed by atoms with Crippen molar-refractivity contribution in [1.82, 2.24) is 4.31 Å². The summed E-state index contributed by atoms with van der Waals surface area (Å²) in [5.74, 6) is -1.14. The Bertz CT molecular complexity index is 583. The molecule has 0 aliphatic rings. The van der Waals surface area contributed by atoms with Crippen LogP contribution in [0.2, 0.25) is 0 Å². The molecule has 5 nitrogen and oxygen atoms in total. The zero-order valence-electron chi connectivity index (χ0n) is 10.9. The number of hydrogen-bond donors (Lipinski definition) is 1. The van der Waals surface area contributed by atoms with Gasteiger partial charge < -0.3 is 5.11 Å². The van der Waals surface area contributed by atoms with E-state index in [1.165, 1.54) is 22.5 Å². The zero-order chi connectivity index (χ0) is 14.8. The lowest BCUT2D eigenvalue weighted by molar-refractivity contribution is 0.0696. The van der Waals surface area contributed by atoms with Crippen molar-refractivity contribution in [2.24, 2.45) is 0 Å². The van der Waals surface area contributed by atoms with Gasteiger partial charge in [-0.05, 0) is 37.6 Å². The number of halogens is 1. The van der Waals surface area contributed by atoms with Crippen LogP contribution >= 0.6 is 15.9 Å². The van der Waals surface area contributed by atoms with Gasteiger partial charge in [0.1, 0.15) is 0 Å². The number of alkyl halides is 1. The predicted molar refractivity (Wildman–Crippen MR) is 76.1 cm³/mol. The van der Waals surface area contributed by atoms with Crippen molar-refractivity contribution in [2.75, 3.05) is 6.54 Å². The molecule has 0 spiro atoms. The lowest BCUT2D eigenvalue weighted by Crippen LogP contribution is -2.35. The van der Waals surface area contributed by atoms with E-state index in [9.17, 15) is 13.2 Å². The van der Waals surface area contributed by atoms with Gasteiger partial charge in [-0.25, -0.2) is 13.2 Å². The minimum Gasteiger partial charge on any atom is -0.478 e. The second-order valence-corrected chi connectivity index (χ2v) is 7.34. The number of nitrogens with zero attached hydrogens (tertiary/aromatic N) is 1. The Morgan fingerprint density at radius 1 is 1.42 bits per heavy atom. The fraction of sp³-hybridized carbons (Fsp3) is 0.417. The number of rotatable bonds is 5. The maximum Gasteiger partial charge on any atom is 0.335 e. The summed E-state index contributed by atoms with van der Waals surface area (Å²) in [6.45, 7) is 5.39. The van der Waals surface area contributed by atoms with Crippen LogP contribution in [-0.2, 0) is 10.0 Å². The summed E-state index contributed by atoms with van der Waals surface area (Å²) in [5.41, 5.74) is 0.564. The van der Waals surface area contributed by atoms with Gasteiger partial charge in [-0.15, -0.1) is 0 Å². The molecule has 0 saturated carbocycles. The molecule has 106 valence electrons. The summed E-state index contributed by atoms with van der Waals surface area (Å²) in [5, 5.41) is 8.99. The Morgan fingerprint density at radius 3 is 2.42 bits per heavy atom. The fourth-order valence-corrected chi connectivity index (χ4v) is 4.32. The maximum atomic E-state index is 12.4. The van der Waals surface area contributed by atoms with E-state index in [1.807, 2.05) is 0 Å². The third-order valence-electron chi connectivity index (χ3n) is 2.61. The van der Waals surface area contributed by atoms with E-state index in [-0.39, 0.29) is 15.4 Å². The van der Waals surface area contributed by atoms with Crippen molar-refractivity contribution in [2.45, 2.75) is 30.6 Å². The van der Waals surface area contributed by atoms with Crippen LogP contribution in [0.3, 0.4) is 0 Å². The lowest BCUT2D eigenvalue weighted by Gasteiger charge is -2.23. The van der Waals surface area contributed by atoms with Crippen LogP contribution in [0, 0.1) is 6.92 Å². The molecule has 19 heavy (non-hydrogen) atoms. The molecule has 0 fully saturated rings. The summed E-state index contributed by atoms with van der Waals surface area (Å²) in [6.07, 6.45) is 0. The summed E-state index contributed by atoms with van der Waals surface area (Å²) in [7, 11) is -3.71. The van der Waals surface area contributed by atoms with Crippen molar-refractivity contribution < 1.29 is 18.3 Å². The SMILES string of the molecule is CCN(C(C)Br)S(=O)(=O)c1cc(C)cc(C(=O)O)c1. The van der Waals surface area contributed by atoms with Gasteiger partial charge >= 0.3 is 5.97 Å². The standard InChI is InChI=1S/C12H16BrNO4S/c1-4-14(9(3)13)19(17,18)11-6-8(2)5-10(7-11)12(15)16/h5-7,9H,4H2,1-3H3,(H,15,16). The van der Waals surface area contributed by atoms with E-state index in [0.717, 1.165) is 0 Å². The van der Waals surface area contributed by atoms with Crippen LogP contribution in [0.25, 0.3) is 0 Å². The van der Waals surface area contributed by atoms with Gasteiger partial charge in [-0.2, -0.15) is 4.31 Å². The van der Waals surface area contributed by atoms with Gasteiger partial charge in [-0.1, -0.05) is 22.9 Å². The molecular weight excluding hydrogens is 334 g/mol. The number of hydrogen-bond acceptors (Lipinski definition) is 3. The van der Waals surface area contributed by atoms with Crippen molar-refractivity contribution >= 4 is 31.9 Å². The zero-order valence-corrected chi connectivity index (χ0v) is 13.3. The molecule has 1 atom stereocenters. The highest BCUT2D eigenvalue weighted by molar-refractivity contribution is 9.09. The number of carbonyl (C=O) groups is 1. The van der Waals surface area contributed by atoms with E-state index < -0.39 is 16.0 Å². The molecule has 0 amide bonds. The Morgan fingerprint density at radius 2 is 2.00 bits per heavy atom. The van der Waals surface area contributed by atoms with Crippen molar-refractivity contribution in [1.29, 1.82) is 0 Å². The quantitative estimate of drug-likeness (QED) is 0.654. The van der Waals surface area contributed by atoms with Crippen LogP contribution < -0.4 is 0 Å². The number of carboxylic acids is 1. The molecule has 0 aliphatic carbocycles.